The molecule has 0 aliphatic carbocycles. The topological polar surface area (TPSA) is 49.7 Å². The molecule has 0 radical (unpaired) electrons. The van der Waals surface area contributed by atoms with Gasteiger partial charge in [0.25, 0.3) is 0 Å². The van der Waals surface area contributed by atoms with Crippen LogP contribution in [0.5, 0.6) is 5.75 Å². The van der Waals surface area contributed by atoms with Gasteiger partial charge >= 0.3 is 0 Å². The minimum Gasteiger partial charge on any atom is -0.493 e. The van der Waals surface area contributed by atoms with E-state index in [1.807, 2.05) is 12.1 Å². The van der Waals surface area contributed by atoms with E-state index in [0.29, 0.717) is 12.8 Å². The normalized spacial score (nSPS) is 14.2. The molecule has 2 rings (SSSR count). The molecule has 0 saturated heterocycles. The Kier molecular flexibility index (Phi) is 2.70. The van der Waals surface area contributed by atoms with Crippen LogP contribution in [0.15, 0.2) is 18.2 Å². The Morgan fingerprint density at radius 1 is 1.36 bits per heavy atom. The smallest absolute Gasteiger partial charge is 0.151 e. The van der Waals surface area contributed by atoms with Gasteiger partial charge in [-0.3, -0.25) is 0 Å². The van der Waals surface area contributed by atoms with Gasteiger partial charge in [-0.2, -0.15) is 0 Å². The van der Waals surface area contributed by atoms with Crippen LogP contribution in [0.4, 0.5) is 0 Å². The van der Waals surface area contributed by atoms with E-state index < -0.39 is 6.29 Å². The molecular weight excluding hydrogens is 180 g/mol. The van der Waals surface area contributed by atoms with E-state index >= 15 is 0 Å². The van der Waals surface area contributed by atoms with Crippen molar-refractivity contribution in [2.24, 2.45) is 0 Å². The van der Waals surface area contributed by atoms with Gasteiger partial charge in [-0.15, -0.1) is 0 Å². The lowest BCUT2D eigenvalue weighted by Gasteiger charge is -2.05. The van der Waals surface area contributed by atoms with Gasteiger partial charge in [-0.25, -0.2) is 0 Å². The third-order valence-corrected chi connectivity index (χ3v) is 2.45. The summed E-state index contributed by atoms with van der Waals surface area (Å²) in [5, 5.41) is 17.5. The number of hydrogen-bond donors (Lipinski definition) is 2. The summed E-state index contributed by atoms with van der Waals surface area (Å²) in [6.45, 7) is 0.765. The lowest BCUT2D eigenvalue weighted by Crippen LogP contribution is -2.05. The van der Waals surface area contributed by atoms with Gasteiger partial charge in [-0.05, 0) is 23.6 Å². The Hall–Kier alpha value is -1.06. The molecule has 1 aliphatic rings. The monoisotopic (exact) mass is 194 g/mol. The first-order chi connectivity index (χ1) is 6.75. The minimum absolute atomic E-state index is 0.389. The first kappa shape index (κ1) is 9.49. The molecule has 14 heavy (non-hydrogen) atoms. The molecular formula is C11H14O3. The standard InChI is InChI=1S/C11H14O3/c12-11(13)4-2-8-1-3-10-9(7-8)5-6-14-10/h1,3,7,11-13H,2,4-6H2. The summed E-state index contributed by atoms with van der Waals surface area (Å²) < 4.78 is 5.38. The summed E-state index contributed by atoms with van der Waals surface area (Å²) in [6, 6.07) is 6.03. The fraction of sp³-hybridized carbons (Fsp3) is 0.455. The van der Waals surface area contributed by atoms with Crippen molar-refractivity contribution in [2.45, 2.75) is 25.6 Å². The molecule has 0 aromatic heterocycles. The first-order valence-electron chi connectivity index (χ1n) is 4.86. The van der Waals surface area contributed by atoms with E-state index in [-0.39, 0.29) is 0 Å². The maximum absolute atomic E-state index is 8.74. The number of aliphatic hydroxyl groups is 2. The molecule has 1 aromatic rings. The Morgan fingerprint density at radius 3 is 3.00 bits per heavy atom. The van der Waals surface area contributed by atoms with Crippen LogP contribution < -0.4 is 4.74 Å². The van der Waals surface area contributed by atoms with Gasteiger partial charge in [0.2, 0.25) is 0 Å². The van der Waals surface area contributed by atoms with Crippen molar-refractivity contribution in [3.05, 3.63) is 29.3 Å². The largest absolute Gasteiger partial charge is 0.493 e. The van der Waals surface area contributed by atoms with Crippen molar-refractivity contribution in [3.63, 3.8) is 0 Å². The second kappa shape index (κ2) is 3.98. The van der Waals surface area contributed by atoms with Crippen LogP contribution >= 0.6 is 0 Å². The molecule has 3 nitrogen and oxygen atoms in total. The maximum Gasteiger partial charge on any atom is 0.151 e. The van der Waals surface area contributed by atoms with Crippen molar-refractivity contribution in [2.75, 3.05) is 6.61 Å². The van der Waals surface area contributed by atoms with E-state index in [1.165, 1.54) is 5.56 Å². The summed E-state index contributed by atoms with van der Waals surface area (Å²) in [4.78, 5) is 0. The number of hydrogen-bond acceptors (Lipinski definition) is 3. The number of ether oxygens (including phenoxy) is 1. The van der Waals surface area contributed by atoms with Crippen molar-refractivity contribution in [1.82, 2.24) is 0 Å². The van der Waals surface area contributed by atoms with Crippen LogP contribution in [0.1, 0.15) is 17.5 Å². The average molecular weight is 194 g/mol. The maximum atomic E-state index is 8.74. The van der Waals surface area contributed by atoms with E-state index in [2.05, 4.69) is 6.07 Å². The van der Waals surface area contributed by atoms with Crippen LogP contribution in [-0.2, 0) is 12.8 Å². The first-order valence-corrected chi connectivity index (χ1v) is 4.86. The van der Waals surface area contributed by atoms with E-state index in [0.717, 1.165) is 24.3 Å². The fourth-order valence-electron chi connectivity index (χ4n) is 1.69. The van der Waals surface area contributed by atoms with Crippen LogP contribution in [0.3, 0.4) is 0 Å². The van der Waals surface area contributed by atoms with E-state index in [9.17, 15) is 0 Å². The van der Waals surface area contributed by atoms with Crippen molar-refractivity contribution in [1.29, 1.82) is 0 Å². The molecule has 1 aromatic carbocycles. The van der Waals surface area contributed by atoms with E-state index in [1.54, 1.807) is 0 Å². The molecule has 0 unspecified atom stereocenters. The van der Waals surface area contributed by atoms with Crippen molar-refractivity contribution >= 4 is 0 Å². The molecule has 1 heterocycles. The number of fused-ring (bicyclic) bond motifs is 1. The molecule has 76 valence electrons. The van der Waals surface area contributed by atoms with E-state index in [4.69, 9.17) is 14.9 Å². The number of rotatable bonds is 3. The molecule has 3 heteroatoms. The van der Waals surface area contributed by atoms with Crippen LogP contribution in [0.25, 0.3) is 0 Å². The highest BCUT2D eigenvalue weighted by molar-refractivity contribution is 5.39. The predicted octanol–water partition coefficient (Wildman–Crippen LogP) is 0.865. The van der Waals surface area contributed by atoms with Gasteiger partial charge in [-0.1, -0.05) is 12.1 Å². The summed E-state index contributed by atoms with van der Waals surface area (Å²) in [5.41, 5.74) is 2.37. The summed E-state index contributed by atoms with van der Waals surface area (Å²) in [6.07, 6.45) is 0.842. The molecule has 0 bridgehead atoms. The third kappa shape index (κ3) is 2.05. The number of aliphatic hydroxyl groups excluding tert-OH is 1. The van der Waals surface area contributed by atoms with Crippen LogP contribution in [0, 0.1) is 0 Å². The molecule has 0 fully saturated rings. The fourth-order valence-corrected chi connectivity index (χ4v) is 1.69. The lowest BCUT2D eigenvalue weighted by atomic mass is 10.0. The SMILES string of the molecule is OC(O)CCc1ccc2c(c1)CCO2. The summed E-state index contributed by atoms with van der Waals surface area (Å²) >= 11 is 0. The minimum atomic E-state index is -1.21. The highest BCUT2D eigenvalue weighted by Crippen LogP contribution is 2.26. The Balaban J connectivity index is 2.05. The molecule has 0 atom stereocenters. The third-order valence-electron chi connectivity index (χ3n) is 2.45. The zero-order valence-corrected chi connectivity index (χ0v) is 7.94. The Bertz CT molecular complexity index is 320. The average Bonchev–Trinajstić information content (AvgIpc) is 2.61. The zero-order chi connectivity index (χ0) is 9.97. The van der Waals surface area contributed by atoms with Gasteiger partial charge in [0, 0.05) is 12.8 Å². The van der Waals surface area contributed by atoms with Gasteiger partial charge in [0.1, 0.15) is 5.75 Å². The molecule has 2 N–H and O–H groups in total. The number of benzene rings is 1. The number of aryl methyl sites for hydroxylation is 1. The molecule has 0 spiro atoms. The second-order valence-corrected chi connectivity index (χ2v) is 3.56. The molecule has 1 aliphatic heterocycles. The van der Waals surface area contributed by atoms with Crippen molar-refractivity contribution in [3.8, 4) is 5.75 Å². The lowest BCUT2D eigenvalue weighted by molar-refractivity contribution is -0.0447. The van der Waals surface area contributed by atoms with Crippen molar-refractivity contribution < 1.29 is 14.9 Å². The summed E-state index contributed by atoms with van der Waals surface area (Å²) in [7, 11) is 0. The quantitative estimate of drug-likeness (QED) is 0.702. The molecule has 0 saturated carbocycles. The van der Waals surface area contributed by atoms with Gasteiger partial charge in [0.15, 0.2) is 6.29 Å². The van der Waals surface area contributed by atoms with Gasteiger partial charge < -0.3 is 14.9 Å². The Labute approximate surface area is 83.0 Å². The van der Waals surface area contributed by atoms with Crippen LogP contribution in [-0.4, -0.2) is 23.1 Å². The Morgan fingerprint density at radius 2 is 2.21 bits per heavy atom. The highest BCUT2D eigenvalue weighted by atomic mass is 16.5. The van der Waals surface area contributed by atoms with Crippen LogP contribution in [0.2, 0.25) is 0 Å². The highest BCUT2D eigenvalue weighted by Gasteiger charge is 2.11. The summed E-state index contributed by atoms with van der Waals surface area (Å²) in [5.74, 6) is 0.971. The van der Waals surface area contributed by atoms with Gasteiger partial charge in [0.05, 0.1) is 6.61 Å². The molecule has 0 amide bonds. The zero-order valence-electron chi connectivity index (χ0n) is 7.94. The second-order valence-electron chi connectivity index (χ2n) is 3.56. The predicted molar refractivity (Wildman–Crippen MR) is 52.2 cm³/mol.